The van der Waals surface area contributed by atoms with Crippen LogP contribution in [0.25, 0.3) is 0 Å². The predicted molar refractivity (Wildman–Crippen MR) is 133 cm³/mol. The van der Waals surface area contributed by atoms with Gasteiger partial charge in [-0.1, -0.05) is 48.0 Å². The highest BCUT2D eigenvalue weighted by atomic mass is 35.5. The number of benzene rings is 2. The molecule has 0 radical (unpaired) electrons. The van der Waals surface area contributed by atoms with Gasteiger partial charge in [0.2, 0.25) is 21.8 Å². The van der Waals surface area contributed by atoms with Gasteiger partial charge in [0.1, 0.15) is 12.6 Å². The Bertz CT molecular complexity index is 1100. The number of hydrogen-bond acceptors (Lipinski definition) is 4. The summed E-state index contributed by atoms with van der Waals surface area (Å²) in [7, 11) is -3.80. The second-order valence-corrected chi connectivity index (χ2v) is 11.4. The fourth-order valence-electron chi connectivity index (χ4n) is 3.19. The van der Waals surface area contributed by atoms with Gasteiger partial charge >= 0.3 is 0 Å². The van der Waals surface area contributed by atoms with Crippen molar-refractivity contribution in [3.05, 3.63) is 64.7 Å². The van der Waals surface area contributed by atoms with Crippen molar-refractivity contribution in [3.63, 3.8) is 0 Å². The summed E-state index contributed by atoms with van der Waals surface area (Å²) in [6.45, 7) is 8.70. The van der Waals surface area contributed by atoms with E-state index in [2.05, 4.69) is 5.32 Å². The van der Waals surface area contributed by atoms with Crippen molar-refractivity contribution in [2.24, 2.45) is 0 Å². The van der Waals surface area contributed by atoms with Gasteiger partial charge in [-0.05, 0) is 57.9 Å². The van der Waals surface area contributed by atoms with Crippen molar-refractivity contribution in [3.8, 4) is 0 Å². The van der Waals surface area contributed by atoms with E-state index in [0.29, 0.717) is 5.02 Å². The molecule has 2 aromatic rings. The van der Waals surface area contributed by atoms with E-state index in [1.165, 1.54) is 11.0 Å². The Hall–Kier alpha value is -2.58. The van der Waals surface area contributed by atoms with Crippen molar-refractivity contribution < 1.29 is 18.0 Å². The van der Waals surface area contributed by atoms with Gasteiger partial charge in [-0.25, -0.2) is 8.42 Å². The van der Waals surface area contributed by atoms with Crippen LogP contribution in [0, 0.1) is 6.92 Å². The summed E-state index contributed by atoms with van der Waals surface area (Å²) in [5, 5.41) is 3.28. The molecule has 0 bridgehead atoms. The second-order valence-electron chi connectivity index (χ2n) is 9.13. The first kappa shape index (κ1) is 26.7. The molecule has 2 aromatic carbocycles. The lowest BCUT2D eigenvalue weighted by Gasteiger charge is -2.33. The maximum atomic E-state index is 13.4. The molecule has 33 heavy (non-hydrogen) atoms. The molecule has 0 aromatic heterocycles. The van der Waals surface area contributed by atoms with E-state index < -0.39 is 34.1 Å². The average molecular weight is 494 g/mol. The maximum Gasteiger partial charge on any atom is 0.244 e. The van der Waals surface area contributed by atoms with Gasteiger partial charge < -0.3 is 10.2 Å². The molecule has 2 rings (SSSR count). The number of aryl methyl sites for hydroxylation is 1. The largest absolute Gasteiger partial charge is 0.350 e. The normalized spacial score (nSPS) is 12.7. The Morgan fingerprint density at radius 1 is 1.09 bits per heavy atom. The summed E-state index contributed by atoms with van der Waals surface area (Å²) in [6, 6.07) is 13.2. The highest BCUT2D eigenvalue weighted by Gasteiger charge is 2.31. The third kappa shape index (κ3) is 7.75. The molecule has 9 heteroatoms. The number of rotatable bonds is 8. The van der Waals surface area contributed by atoms with Crippen LogP contribution in [0.3, 0.4) is 0 Å². The third-order valence-electron chi connectivity index (χ3n) is 4.98. The highest BCUT2D eigenvalue weighted by Crippen LogP contribution is 2.25. The van der Waals surface area contributed by atoms with Crippen LogP contribution in [0.2, 0.25) is 5.02 Å². The van der Waals surface area contributed by atoms with Crippen LogP contribution in [0.1, 0.15) is 38.8 Å². The zero-order valence-electron chi connectivity index (χ0n) is 19.9. The van der Waals surface area contributed by atoms with E-state index in [1.54, 1.807) is 26.0 Å². The first-order valence-electron chi connectivity index (χ1n) is 10.6. The SMILES string of the molecule is Cc1ccc(N(CC(=O)N(Cc2ccccc2)[C@H](C)C(=O)NC(C)(C)C)S(C)(=O)=O)cc1Cl. The van der Waals surface area contributed by atoms with Gasteiger partial charge in [0.15, 0.2) is 0 Å². The van der Waals surface area contributed by atoms with Crippen molar-refractivity contribution in [1.29, 1.82) is 0 Å². The number of amides is 2. The second kappa shape index (κ2) is 10.6. The molecule has 0 spiro atoms. The number of halogens is 1. The predicted octanol–water partition coefficient (Wildman–Crippen LogP) is 3.75. The van der Waals surface area contributed by atoms with Crippen LogP contribution < -0.4 is 9.62 Å². The molecule has 0 unspecified atom stereocenters. The number of nitrogens with one attached hydrogen (secondary N) is 1. The van der Waals surface area contributed by atoms with Crippen LogP contribution in [0.15, 0.2) is 48.5 Å². The molecule has 2 amide bonds. The molecule has 0 aliphatic carbocycles. The first-order chi connectivity index (χ1) is 15.2. The van der Waals surface area contributed by atoms with E-state index in [9.17, 15) is 18.0 Å². The fourth-order valence-corrected chi connectivity index (χ4v) is 4.20. The molecule has 1 atom stereocenters. The molecule has 180 valence electrons. The van der Waals surface area contributed by atoms with Crippen molar-refractivity contribution in [2.75, 3.05) is 17.1 Å². The summed E-state index contributed by atoms with van der Waals surface area (Å²) < 4.78 is 26.1. The van der Waals surface area contributed by atoms with Crippen molar-refractivity contribution >= 4 is 39.1 Å². The number of carbonyl (C=O) groups excluding carboxylic acids is 2. The number of anilines is 1. The lowest BCUT2D eigenvalue weighted by atomic mass is 10.1. The monoisotopic (exact) mass is 493 g/mol. The fraction of sp³-hybridized carbons (Fsp3) is 0.417. The van der Waals surface area contributed by atoms with Crippen LogP contribution in [-0.4, -0.2) is 49.5 Å². The third-order valence-corrected chi connectivity index (χ3v) is 6.53. The summed E-state index contributed by atoms with van der Waals surface area (Å²) in [4.78, 5) is 27.7. The van der Waals surface area contributed by atoms with E-state index in [4.69, 9.17) is 11.6 Å². The zero-order valence-corrected chi connectivity index (χ0v) is 21.5. The highest BCUT2D eigenvalue weighted by molar-refractivity contribution is 7.92. The minimum Gasteiger partial charge on any atom is -0.350 e. The minimum absolute atomic E-state index is 0.157. The van der Waals surface area contributed by atoms with E-state index in [0.717, 1.165) is 21.7 Å². The minimum atomic E-state index is -3.80. The number of carbonyl (C=O) groups is 2. The standard InChI is InChI=1S/C24H32ClN3O4S/c1-17-12-13-20(14-21(17)25)28(33(6,31)32)16-22(29)27(15-19-10-8-7-9-11-19)18(2)23(30)26-24(3,4)5/h7-14,18H,15-16H2,1-6H3,(H,26,30)/t18-/m1/s1. The lowest BCUT2D eigenvalue weighted by molar-refractivity contribution is -0.140. The lowest BCUT2D eigenvalue weighted by Crippen LogP contribution is -2.54. The van der Waals surface area contributed by atoms with Gasteiger partial charge in [-0.2, -0.15) is 0 Å². The van der Waals surface area contributed by atoms with E-state index in [1.807, 2.05) is 51.1 Å². The molecule has 1 N–H and O–H groups in total. The van der Waals surface area contributed by atoms with Crippen LogP contribution in [-0.2, 0) is 26.2 Å². The Morgan fingerprint density at radius 3 is 2.21 bits per heavy atom. The molecule has 0 saturated heterocycles. The van der Waals surface area contributed by atoms with Gasteiger partial charge in [0, 0.05) is 17.1 Å². The van der Waals surface area contributed by atoms with Gasteiger partial charge in [0.25, 0.3) is 0 Å². The van der Waals surface area contributed by atoms with Gasteiger partial charge in [0.05, 0.1) is 11.9 Å². The van der Waals surface area contributed by atoms with Crippen LogP contribution >= 0.6 is 11.6 Å². The molecule has 0 heterocycles. The topological polar surface area (TPSA) is 86.8 Å². The molecule has 0 aliphatic rings. The quantitative estimate of drug-likeness (QED) is 0.606. The Labute approximate surface area is 201 Å². The molecule has 0 saturated carbocycles. The molecular formula is C24H32ClN3O4S. The molecule has 0 fully saturated rings. The maximum absolute atomic E-state index is 13.4. The Morgan fingerprint density at radius 2 is 1.70 bits per heavy atom. The Balaban J connectivity index is 2.40. The average Bonchev–Trinajstić information content (AvgIpc) is 2.70. The smallest absolute Gasteiger partial charge is 0.244 e. The summed E-state index contributed by atoms with van der Waals surface area (Å²) in [6.07, 6.45) is 1.03. The summed E-state index contributed by atoms with van der Waals surface area (Å²) in [5.74, 6) is -0.825. The summed E-state index contributed by atoms with van der Waals surface area (Å²) in [5.41, 5.74) is 1.42. The van der Waals surface area contributed by atoms with Crippen LogP contribution in [0.5, 0.6) is 0 Å². The molecular weight excluding hydrogens is 462 g/mol. The van der Waals surface area contributed by atoms with Crippen LogP contribution in [0.4, 0.5) is 5.69 Å². The number of hydrogen-bond donors (Lipinski definition) is 1. The molecule has 0 aliphatic heterocycles. The zero-order chi connectivity index (χ0) is 25.0. The van der Waals surface area contributed by atoms with Gasteiger partial charge in [-0.15, -0.1) is 0 Å². The summed E-state index contributed by atoms with van der Waals surface area (Å²) >= 11 is 6.20. The van der Waals surface area contributed by atoms with Gasteiger partial charge in [-0.3, -0.25) is 13.9 Å². The van der Waals surface area contributed by atoms with E-state index >= 15 is 0 Å². The van der Waals surface area contributed by atoms with Crippen molar-refractivity contribution in [2.45, 2.75) is 52.7 Å². The first-order valence-corrected chi connectivity index (χ1v) is 12.8. The van der Waals surface area contributed by atoms with E-state index in [-0.39, 0.29) is 18.1 Å². The Kier molecular flexibility index (Phi) is 8.54. The number of sulfonamides is 1. The molecule has 7 nitrogen and oxygen atoms in total. The number of nitrogens with zero attached hydrogens (tertiary/aromatic N) is 2. The van der Waals surface area contributed by atoms with Crippen molar-refractivity contribution in [1.82, 2.24) is 10.2 Å².